The third kappa shape index (κ3) is 4.40. The Morgan fingerprint density at radius 3 is 2.79 bits per heavy atom. The second-order valence-electron chi connectivity index (χ2n) is 4.09. The molecule has 84 valence electrons. The first kappa shape index (κ1) is 12.0. The van der Waals surface area contributed by atoms with E-state index in [1.54, 1.807) is 0 Å². The van der Waals surface area contributed by atoms with E-state index < -0.39 is 0 Å². The molecule has 0 saturated carbocycles. The summed E-state index contributed by atoms with van der Waals surface area (Å²) in [5, 5.41) is 12.4. The Morgan fingerprint density at radius 1 is 1.36 bits per heavy atom. The van der Waals surface area contributed by atoms with Gasteiger partial charge in [-0.05, 0) is 38.9 Å². The molecule has 0 aromatic heterocycles. The molecule has 1 atom stereocenters. The van der Waals surface area contributed by atoms with Crippen molar-refractivity contribution in [3.63, 3.8) is 0 Å². The Kier molecular flexibility index (Phi) is 6.15. The fourth-order valence-electron chi connectivity index (χ4n) is 2.08. The Hall–Kier alpha value is -0.120. The lowest BCUT2D eigenvalue weighted by atomic mass is 10.0. The molecule has 14 heavy (non-hydrogen) atoms. The molecule has 0 radical (unpaired) electrons. The van der Waals surface area contributed by atoms with Gasteiger partial charge in [-0.1, -0.05) is 13.3 Å². The van der Waals surface area contributed by atoms with Gasteiger partial charge in [0.15, 0.2) is 0 Å². The van der Waals surface area contributed by atoms with Gasteiger partial charge in [0.1, 0.15) is 0 Å². The zero-order valence-corrected chi connectivity index (χ0v) is 9.34. The third-order valence-electron chi connectivity index (χ3n) is 3.07. The van der Waals surface area contributed by atoms with E-state index in [1.807, 2.05) is 0 Å². The van der Waals surface area contributed by atoms with Crippen LogP contribution in [0.15, 0.2) is 0 Å². The fourth-order valence-corrected chi connectivity index (χ4v) is 2.08. The number of piperidine rings is 1. The lowest BCUT2D eigenvalue weighted by molar-refractivity contribution is 0.192. The smallest absolute Gasteiger partial charge is 0.0558 e. The van der Waals surface area contributed by atoms with Gasteiger partial charge in [-0.2, -0.15) is 0 Å². The molecule has 1 aliphatic rings. The van der Waals surface area contributed by atoms with Gasteiger partial charge in [-0.15, -0.1) is 0 Å². The topological polar surface area (TPSA) is 35.5 Å². The first-order valence-corrected chi connectivity index (χ1v) is 5.93. The van der Waals surface area contributed by atoms with Crippen LogP contribution in [0.2, 0.25) is 0 Å². The van der Waals surface area contributed by atoms with Crippen LogP contribution in [0.1, 0.15) is 32.6 Å². The van der Waals surface area contributed by atoms with Crippen LogP contribution >= 0.6 is 0 Å². The Balaban J connectivity index is 2.10. The van der Waals surface area contributed by atoms with Crippen LogP contribution in [0.3, 0.4) is 0 Å². The van der Waals surface area contributed by atoms with E-state index in [4.69, 9.17) is 5.11 Å². The average Bonchev–Trinajstić information content (AvgIpc) is 2.25. The molecule has 0 aliphatic carbocycles. The molecule has 0 amide bonds. The number of aliphatic hydroxyl groups is 1. The SMILES string of the molecule is CCN(CCO)CC[C@H]1CCCCN1. The highest BCUT2D eigenvalue weighted by Crippen LogP contribution is 2.10. The number of aliphatic hydroxyl groups excluding tert-OH is 1. The molecule has 1 aliphatic heterocycles. The van der Waals surface area contributed by atoms with Gasteiger partial charge in [0.25, 0.3) is 0 Å². The molecule has 0 unspecified atom stereocenters. The first-order valence-electron chi connectivity index (χ1n) is 5.93. The molecule has 0 aromatic carbocycles. The summed E-state index contributed by atoms with van der Waals surface area (Å²) < 4.78 is 0. The van der Waals surface area contributed by atoms with Crippen molar-refractivity contribution in [3.05, 3.63) is 0 Å². The molecule has 3 nitrogen and oxygen atoms in total. The number of nitrogens with zero attached hydrogens (tertiary/aromatic N) is 1. The number of hydrogen-bond acceptors (Lipinski definition) is 3. The monoisotopic (exact) mass is 200 g/mol. The van der Waals surface area contributed by atoms with Gasteiger partial charge >= 0.3 is 0 Å². The van der Waals surface area contributed by atoms with Crippen LogP contribution < -0.4 is 5.32 Å². The van der Waals surface area contributed by atoms with Crippen LogP contribution in [0.25, 0.3) is 0 Å². The highest BCUT2D eigenvalue weighted by atomic mass is 16.3. The van der Waals surface area contributed by atoms with Gasteiger partial charge in [-0.3, -0.25) is 0 Å². The minimum atomic E-state index is 0.284. The van der Waals surface area contributed by atoms with Gasteiger partial charge < -0.3 is 15.3 Å². The summed E-state index contributed by atoms with van der Waals surface area (Å²) in [5.74, 6) is 0. The minimum absolute atomic E-state index is 0.284. The summed E-state index contributed by atoms with van der Waals surface area (Å²) in [6, 6.07) is 0.719. The zero-order valence-electron chi connectivity index (χ0n) is 9.34. The van der Waals surface area contributed by atoms with Crippen LogP contribution in [0.5, 0.6) is 0 Å². The normalized spacial score (nSPS) is 22.9. The molecule has 1 rings (SSSR count). The summed E-state index contributed by atoms with van der Waals surface area (Å²) in [6.45, 7) is 6.62. The largest absolute Gasteiger partial charge is 0.395 e. The molecule has 1 heterocycles. The van der Waals surface area contributed by atoms with Crippen molar-refractivity contribution in [2.45, 2.75) is 38.6 Å². The molecular formula is C11H24N2O. The maximum atomic E-state index is 8.85. The molecule has 1 fully saturated rings. The Morgan fingerprint density at radius 2 is 2.21 bits per heavy atom. The van der Waals surface area contributed by atoms with E-state index in [9.17, 15) is 0 Å². The highest BCUT2D eigenvalue weighted by molar-refractivity contribution is 4.73. The van der Waals surface area contributed by atoms with E-state index in [1.165, 1.54) is 32.2 Å². The maximum Gasteiger partial charge on any atom is 0.0558 e. The van der Waals surface area contributed by atoms with Crippen molar-refractivity contribution >= 4 is 0 Å². The number of hydrogen-bond donors (Lipinski definition) is 2. The predicted octanol–water partition coefficient (Wildman–Crippen LogP) is 0.833. The van der Waals surface area contributed by atoms with Crippen molar-refractivity contribution in [2.75, 3.05) is 32.8 Å². The summed E-state index contributed by atoms with van der Waals surface area (Å²) in [6.07, 6.45) is 5.28. The fraction of sp³-hybridized carbons (Fsp3) is 1.00. The van der Waals surface area contributed by atoms with Gasteiger partial charge in [0.2, 0.25) is 0 Å². The first-order chi connectivity index (χ1) is 6.86. The average molecular weight is 200 g/mol. The molecule has 0 spiro atoms. The molecule has 0 bridgehead atoms. The summed E-state index contributed by atoms with van der Waals surface area (Å²) in [7, 11) is 0. The van der Waals surface area contributed by atoms with Crippen LogP contribution in [-0.2, 0) is 0 Å². The number of rotatable bonds is 6. The standard InChI is InChI=1S/C11H24N2O/c1-2-13(9-10-14)8-6-11-5-3-4-7-12-11/h11-12,14H,2-10H2,1H3/t11-/m1/s1. The van der Waals surface area contributed by atoms with E-state index in [0.29, 0.717) is 0 Å². The summed E-state index contributed by atoms with van der Waals surface area (Å²) in [5.41, 5.74) is 0. The molecule has 3 heteroatoms. The van der Waals surface area contributed by atoms with Crippen molar-refractivity contribution in [1.29, 1.82) is 0 Å². The second kappa shape index (κ2) is 7.21. The lowest BCUT2D eigenvalue weighted by Gasteiger charge is -2.26. The number of nitrogens with one attached hydrogen (secondary N) is 1. The van der Waals surface area contributed by atoms with E-state index in [2.05, 4.69) is 17.1 Å². The van der Waals surface area contributed by atoms with Crippen molar-refractivity contribution in [2.24, 2.45) is 0 Å². The predicted molar refractivity (Wildman–Crippen MR) is 59.5 cm³/mol. The van der Waals surface area contributed by atoms with Crippen molar-refractivity contribution < 1.29 is 5.11 Å². The van der Waals surface area contributed by atoms with Crippen molar-refractivity contribution in [3.8, 4) is 0 Å². The van der Waals surface area contributed by atoms with Gasteiger partial charge in [-0.25, -0.2) is 0 Å². The zero-order chi connectivity index (χ0) is 10.2. The Bertz CT molecular complexity index is 130. The van der Waals surface area contributed by atoms with Crippen LogP contribution in [-0.4, -0.2) is 48.8 Å². The summed E-state index contributed by atoms with van der Waals surface area (Å²) in [4.78, 5) is 2.32. The van der Waals surface area contributed by atoms with Crippen LogP contribution in [0.4, 0.5) is 0 Å². The Labute approximate surface area is 87.5 Å². The third-order valence-corrected chi connectivity index (χ3v) is 3.07. The second-order valence-corrected chi connectivity index (χ2v) is 4.09. The van der Waals surface area contributed by atoms with E-state index in [-0.39, 0.29) is 6.61 Å². The van der Waals surface area contributed by atoms with Crippen molar-refractivity contribution in [1.82, 2.24) is 10.2 Å². The van der Waals surface area contributed by atoms with Crippen LogP contribution in [0, 0.1) is 0 Å². The van der Waals surface area contributed by atoms with E-state index >= 15 is 0 Å². The van der Waals surface area contributed by atoms with Gasteiger partial charge in [0, 0.05) is 12.6 Å². The van der Waals surface area contributed by atoms with E-state index in [0.717, 1.165) is 25.7 Å². The van der Waals surface area contributed by atoms with Gasteiger partial charge in [0.05, 0.1) is 6.61 Å². The number of likely N-dealkylation sites (N-methyl/N-ethyl adjacent to an activating group) is 1. The molecule has 1 saturated heterocycles. The molecular weight excluding hydrogens is 176 g/mol. The molecule has 0 aromatic rings. The lowest BCUT2D eigenvalue weighted by Crippen LogP contribution is -2.38. The summed E-state index contributed by atoms with van der Waals surface area (Å²) >= 11 is 0. The molecule has 2 N–H and O–H groups in total. The quantitative estimate of drug-likeness (QED) is 0.667. The highest BCUT2D eigenvalue weighted by Gasteiger charge is 2.13. The minimum Gasteiger partial charge on any atom is -0.395 e. The maximum absolute atomic E-state index is 8.85.